The van der Waals surface area contributed by atoms with Crippen LogP contribution in [0.4, 0.5) is 0 Å². The minimum absolute atomic E-state index is 0.270. The largest absolute Gasteiger partial charge is 0.300 e. The zero-order valence-electron chi connectivity index (χ0n) is 8.55. The lowest BCUT2D eigenvalue weighted by Crippen LogP contribution is -2.44. The van der Waals surface area contributed by atoms with Gasteiger partial charge in [-0.05, 0) is 25.0 Å². The third kappa shape index (κ3) is 3.25. The molecule has 2 heteroatoms. The highest BCUT2D eigenvalue weighted by Crippen LogP contribution is 2.25. The Balaban J connectivity index is 2.37. The molecule has 0 aromatic carbocycles. The second-order valence-electron chi connectivity index (χ2n) is 3.62. The molecule has 0 radical (unpaired) electrons. The van der Waals surface area contributed by atoms with Crippen molar-refractivity contribution >= 4 is 11.8 Å². The Hall–Kier alpha value is -0.130. The van der Waals surface area contributed by atoms with E-state index in [1.54, 1.807) is 0 Å². The lowest BCUT2D eigenvalue weighted by atomic mass is 10.1. The topological polar surface area (TPSA) is 12.0 Å². The number of nitrogens with one attached hydrogen (secondary N) is 1. The molecule has 0 bridgehead atoms. The van der Waals surface area contributed by atoms with Crippen molar-refractivity contribution in [3.05, 3.63) is 0 Å². The molecule has 1 N–H and O–H groups in total. The molecule has 1 saturated heterocycles. The van der Waals surface area contributed by atoms with Crippen LogP contribution < -0.4 is 5.32 Å². The molecule has 3 atom stereocenters. The number of hydrogen-bond acceptors (Lipinski definition) is 2. The van der Waals surface area contributed by atoms with E-state index in [1.165, 1.54) is 18.6 Å². The van der Waals surface area contributed by atoms with E-state index in [4.69, 9.17) is 6.42 Å². The van der Waals surface area contributed by atoms with Crippen molar-refractivity contribution in [2.45, 2.75) is 50.4 Å². The van der Waals surface area contributed by atoms with Crippen LogP contribution in [-0.4, -0.2) is 23.1 Å². The maximum atomic E-state index is 5.43. The summed E-state index contributed by atoms with van der Waals surface area (Å²) in [6.07, 6.45) is 9.07. The van der Waals surface area contributed by atoms with Gasteiger partial charge in [0.1, 0.15) is 0 Å². The molecular formula is C11H19NS. The fourth-order valence-electron chi connectivity index (χ4n) is 1.68. The first-order valence-electron chi connectivity index (χ1n) is 5.11. The molecule has 1 nitrogen and oxygen atoms in total. The Labute approximate surface area is 86.1 Å². The van der Waals surface area contributed by atoms with Crippen molar-refractivity contribution in [1.82, 2.24) is 5.32 Å². The molecule has 0 amide bonds. The third-order valence-electron chi connectivity index (χ3n) is 2.63. The van der Waals surface area contributed by atoms with Gasteiger partial charge in [0.15, 0.2) is 0 Å². The van der Waals surface area contributed by atoms with Crippen LogP contribution in [0.25, 0.3) is 0 Å². The van der Waals surface area contributed by atoms with Crippen LogP contribution >= 0.6 is 11.8 Å². The van der Waals surface area contributed by atoms with E-state index in [0.717, 1.165) is 11.7 Å². The predicted molar refractivity (Wildman–Crippen MR) is 61.0 cm³/mol. The van der Waals surface area contributed by atoms with Gasteiger partial charge in [0, 0.05) is 11.3 Å². The van der Waals surface area contributed by atoms with Crippen molar-refractivity contribution in [2.24, 2.45) is 0 Å². The summed E-state index contributed by atoms with van der Waals surface area (Å²) in [6.45, 7) is 4.43. The minimum atomic E-state index is 0.270. The van der Waals surface area contributed by atoms with E-state index in [2.05, 4.69) is 36.8 Å². The summed E-state index contributed by atoms with van der Waals surface area (Å²) >= 11 is 2.06. The van der Waals surface area contributed by atoms with Crippen LogP contribution in [0.1, 0.15) is 33.1 Å². The molecule has 3 unspecified atom stereocenters. The minimum Gasteiger partial charge on any atom is -0.300 e. The molecule has 0 spiro atoms. The average molecular weight is 197 g/mol. The molecular weight excluding hydrogens is 178 g/mol. The average Bonchev–Trinajstić information content (AvgIpc) is 2.17. The highest BCUT2D eigenvalue weighted by Gasteiger charge is 2.22. The maximum absolute atomic E-state index is 5.43. The quantitative estimate of drug-likeness (QED) is 0.697. The Morgan fingerprint density at radius 3 is 3.00 bits per heavy atom. The van der Waals surface area contributed by atoms with Crippen molar-refractivity contribution in [2.75, 3.05) is 5.75 Å². The van der Waals surface area contributed by atoms with Crippen LogP contribution in [0.2, 0.25) is 0 Å². The lowest BCUT2D eigenvalue weighted by Gasteiger charge is -2.31. The molecule has 74 valence electrons. The monoisotopic (exact) mass is 197 g/mol. The van der Waals surface area contributed by atoms with E-state index in [-0.39, 0.29) is 6.04 Å². The summed E-state index contributed by atoms with van der Waals surface area (Å²) in [4.78, 5) is 0. The number of hydrogen-bond donors (Lipinski definition) is 1. The summed E-state index contributed by atoms with van der Waals surface area (Å²) in [5, 5.41) is 4.27. The molecule has 1 aliphatic heterocycles. The third-order valence-corrected chi connectivity index (χ3v) is 4.01. The standard InChI is InChI=1S/C11H19NS/c1-4-10(5-2)12-11-7-6-8-13-9(11)3/h1,9-12H,5-8H2,2-3H3. The Morgan fingerprint density at radius 2 is 2.46 bits per heavy atom. The molecule has 0 aromatic rings. The zero-order chi connectivity index (χ0) is 9.68. The molecule has 1 heterocycles. The van der Waals surface area contributed by atoms with E-state index in [0.29, 0.717) is 6.04 Å². The summed E-state index contributed by atoms with van der Waals surface area (Å²) in [6, 6.07) is 0.894. The molecule has 0 aromatic heterocycles. The van der Waals surface area contributed by atoms with Crippen molar-refractivity contribution in [3.8, 4) is 12.3 Å². The van der Waals surface area contributed by atoms with Gasteiger partial charge in [0.25, 0.3) is 0 Å². The first kappa shape index (κ1) is 10.9. The van der Waals surface area contributed by atoms with E-state index >= 15 is 0 Å². The van der Waals surface area contributed by atoms with Crippen LogP contribution in [0.5, 0.6) is 0 Å². The molecule has 1 aliphatic rings. The fourth-order valence-corrected chi connectivity index (χ4v) is 2.84. The van der Waals surface area contributed by atoms with Gasteiger partial charge in [0.2, 0.25) is 0 Å². The summed E-state index contributed by atoms with van der Waals surface area (Å²) in [5.74, 6) is 4.11. The van der Waals surface area contributed by atoms with Crippen LogP contribution in [0.15, 0.2) is 0 Å². The van der Waals surface area contributed by atoms with E-state index in [1.807, 2.05) is 0 Å². The number of rotatable bonds is 3. The van der Waals surface area contributed by atoms with Crippen molar-refractivity contribution in [1.29, 1.82) is 0 Å². The summed E-state index contributed by atoms with van der Waals surface area (Å²) < 4.78 is 0. The van der Waals surface area contributed by atoms with Crippen molar-refractivity contribution in [3.63, 3.8) is 0 Å². The second kappa shape index (κ2) is 5.57. The number of terminal acetylenes is 1. The Bertz CT molecular complexity index is 185. The lowest BCUT2D eigenvalue weighted by molar-refractivity contribution is 0.430. The van der Waals surface area contributed by atoms with Gasteiger partial charge in [-0.2, -0.15) is 11.8 Å². The van der Waals surface area contributed by atoms with Gasteiger partial charge >= 0.3 is 0 Å². The highest BCUT2D eigenvalue weighted by molar-refractivity contribution is 7.99. The normalized spacial score (nSPS) is 30.8. The van der Waals surface area contributed by atoms with E-state index < -0.39 is 0 Å². The summed E-state index contributed by atoms with van der Waals surface area (Å²) in [5.41, 5.74) is 0. The van der Waals surface area contributed by atoms with Crippen LogP contribution in [-0.2, 0) is 0 Å². The molecule has 1 rings (SSSR count). The van der Waals surface area contributed by atoms with Gasteiger partial charge in [-0.25, -0.2) is 0 Å². The van der Waals surface area contributed by atoms with Gasteiger partial charge in [-0.3, -0.25) is 5.32 Å². The van der Waals surface area contributed by atoms with Crippen molar-refractivity contribution < 1.29 is 0 Å². The van der Waals surface area contributed by atoms with Gasteiger partial charge < -0.3 is 0 Å². The van der Waals surface area contributed by atoms with E-state index in [9.17, 15) is 0 Å². The Kier molecular flexibility index (Phi) is 4.69. The Morgan fingerprint density at radius 1 is 1.69 bits per heavy atom. The smallest absolute Gasteiger partial charge is 0.0686 e. The first-order valence-corrected chi connectivity index (χ1v) is 6.16. The molecule has 1 fully saturated rings. The molecule has 13 heavy (non-hydrogen) atoms. The van der Waals surface area contributed by atoms with Gasteiger partial charge in [-0.1, -0.05) is 19.8 Å². The summed E-state index contributed by atoms with van der Waals surface area (Å²) in [7, 11) is 0. The zero-order valence-corrected chi connectivity index (χ0v) is 9.36. The second-order valence-corrected chi connectivity index (χ2v) is 5.10. The molecule has 0 saturated carbocycles. The van der Waals surface area contributed by atoms with Gasteiger partial charge in [-0.15, -0.1) is 6.42 Å². The highest BCUT2D eigenvalue weighted by atomic mass is 32.2. The van der Waals surface area contributed by atoms with Crippen LogP contribution in [0, 0.1) is 12.3 Å². The predicted octanol–water partition coefficient (Wildman–Crippen LogP) is 2.27. The number of thioether (sulfide) groups is 1. The van der Waals surface area contributed by atoms with Crippen LogP contribution in [0.3, 0.4) is 0 Å². The maximum Gasteiger partial charge on any atom is 0.0686 e. The first-order chi connectivity index (χ1) is 6.27. The fraction of sp³-hybridized carbons (Fsp3) is 0.818. The van der Waals surface area contributed by atoms with Gasteiger partial charge in [0.05, 0.1) is 6.04 Å². The SMILES string of the molecule is C#CC(CC)NC1CCCSC1C. The molecule has 0 aliphatic carbocycles.